The molecule has 7 nitrogen and oxygen atoms in total. The largest absolute Gasteiger partial charge is 0.417 e. The van der Waals surface area contributed by atoms with E-state index in [0.717, 1.165) is 16.9 Å². The quantitative estimate of drug-likeness (QED) is 0.562. The van der Waals surface area contributed by atoms with E-state index in [2.05, 4.69) is 9.88 Å². The number of piperidine rings is 1. The number of carbonyl (C=O) groups excluding carboxylic acids is 1. The fraction of sp³-hybridized carbons (Fsp3) is 0.217. The molecule has 1 saturated heterocycles. The van der Waals surface area contributed by atoms with Crippen molar-refractivity contribution in [1.82, 2.24) is 15.0 Å². The Hall–Kier alpha value is -3.74. The summed E-state index contributed by atoms with van der Waals surface area (Å²) in [7, 11) is 0. The predicted molar refractivity (Wildman–Crippen MR) is 115 cm³/mol. The molecular weight excluding hydrogens is 378 g/mol. The minimum absolute atomic E-state index is 0.0932. The first-order valence-corrected chi connectivity index (χ1v) is 10.0. The molecule has 2 aromatic heterocycles. The van der Waals surface area contributed by atoms with Gasteiger partial charge in [-0.15, -0.1) is 0 Å². The Bertz CT molecular complexity index is 1180. The van der Waals surface area contributed by atoms with Gasteiger partial charge in [-0.3, -0.25) is 4.79 Å². The minimum Gasteiger partial charge on any atom is -0.417 e. The van der Waals surface area contributed by atoms with Crippen LogP contribution < -0.4 is 10.6 Å². The van der Waals surface area contributed by atoms with Gasteiger partial charge in [-0.25, -0.2) is 9.97 Å². The Kier molecular flexibility index (Phi) is 4.63. The number of nitrogens with zero attached hydrogens (tertiary/aromatic N) is 4. The van der Waals surface area contributed by atoms with Crippen molar-refractivity contribution >= 4 is 23.0 Å². The van der Waals surface area contributed by atoms with Crippen LogP contribution in [0.1, 0.15) is 12.8 Å². The lowest BCUT2D eigenvalue weighted by atomic mass is 9.96. The van der Waals surface area contributed by atoms with E-state index >= 15 is 0 Å². The Balaban J connectivity index is 1.61. The van der Waals surface area contributed by atoms with Gasteiger partial charge in [0.05, 0.1) is 0 Å². The average Bonchev–Trinajstić information content (AvgIpc) is 3.24. The number of amides is 1. The molecule has 150 valence electrons. The van der Waals surface area contributed by atoms with Crippen LogP contribution in [0.2, 0.25) is 0 Å². The van der Waals surface area contributed by atoms with E-state index in [1.165, 1.54) is 0 Å². The Morgan fingerprint density at radius 2 is 1.53 bits per heavy atom. The van der Waals surface area contributed by atoms with Crippen molar-refractivity contribution in [2.45, 2.75) is 12.8 Å². The van der Waals surface area contributed by atoms with Crippen LogP contribution >= 0.6 is 0 Å². The summed E-state index contributed by atoms with van der Waals surface area (Å²) >= 11 is 0. The van der Waals surface area contributed by atoms with E-state index in [0.29, 0.717) is 48.9 Å². The van der Waals surface area contributed by atoms with Crippen LogP contribution in [0, 0.1) is 5.92 Å². The number of benzene rings is 2. The van der Waals surface area contributed by atoms with Crippen LogP contribution in [0.25, 0.3) is 34.1 Å². The number of oxazole rings is 1. The molecule has 1 aliphatic rings. The van der Waals surface area contributed by atoms with E-state index in [-0.39, 0.29) is 11.8 Å². The second-order valence-electron chi connectivity index (χ2n) is 7.44. The van der Waals surface area contributed by atoms with Crippen molar-refractivity contribution in [2.75, 3.05) is 18.0 Å². The molecule has 2 aromatic carbocycles. The summed E-state index contributed by atoms with van der Waals surface area (Å²) in [5.41, 5.74) is 8.38. The average molecular weight is 399 g/mol. The van der Waals surface area contributed by atoms with Gasteiger partial charge in [0.1, 0.15) is 0 Å². The van der Waals surface area contributed by atoms with Gasteiger partial charge in [-0.2, -0.15) is 4.98 Å². The fourth-order valence-electron chi connectivity index (χ4n) is 3.82. The van der Waals surface area contributed by atoms with Gasteiger partial charge < -0.3 is 15.1 Å². The van der Waals surface area contributed by atoms with Crippen LogP contribution in [-0.4, -0.2) is 33.9 Å². The zero-order valence-electron chi connectivity index (χ0n) is 16.4. The highest BCUT2D eigenvalue weighted by Gasteiger charge is 2.27. The third-order valence-electron chi connectivity index (χ3n) is 5.49. The maximum atomic E-state index is 11.6. The molecule has 3 heterocycles. The standard InChI is InChI=1S/C23H21N5O2/c24-19(29)15-11-13-28(14-12-15)21-18-23(27-20(26-21)16-7-3-1-4-8-16)30-22(25-18)17-9-5-2-6-10-17/h1-10,15H,11-14H2,(H2,24,29). The summed E-state index contributed by atoms with van der Waals surface area (Å²) in [6.45, 7) is 1.36. The number of rotatable bonds is 4. The number of fused-ring (bicyclic) bond motifs is 1. The van der Waals surface area contributed by atoms with Gasteiger partial charge in [0.15, 0.2) is 17.2 Å². The van der Waals surface area contributed by atoms with Crippen LogP contribution in [-0.2, 0) is 4.79 Å². The van der Waals surface area contributed by atoms with Crippen molar-refractivity contribution in [1.29, 1.82) is 0 Å². The highest BCUT2D eigenvalue weighted by molar-refractivity contribution is 5.86. The summed E-state index contributed by atoms with van der Waals surface area (Å²) in [5, 5.41) is 0. The van der Waals surface area contributed by atoms with Gasteiger partial charge >= 0.3 is 0 Å². The maximum Gasteiger partial charge on any atom is 0.253 e. The van der Waals surface area contributed by atoms with Crippen LogP contribution in [0.3, 0.4) is 0 Å². The number of hydrogen-bond acceptors (Lipinski definition) is 6. The van der Waals surface area contributed by atoms with Crippen LogP contribution in [0.5, 0.6) is 0 Å². The molecule has 1 aliphatic heterocycles. The van der Waals surface area contributed by atoms with Gasteiger partial charge in [0.2, 0.25) is 11.8 Å². The molecule has 4 aromatic rings. The third kappa shape index (κ3) is 3.39. The summed E-state index contributed by atoms with van der Waals surface area (Å²) in [6.07, 6.45) is 1.40. The van der Waals surface area contributed by atoms with Gasteiger partial charge in [-0.1, -0.05) is 48.5 Å². The first-order chi connectivity index (χ1) is 14.7. The van der Waals surface area contributed by atoms with Crippen LogP contribution in [0.4, 0.5) is 5.82 Å². The van der Waals surface area contributed by atoms with Gasteiger partial charge in [0.25, 0.3) is 5.71 Å². The van der Waals surface area contributed by atoms with Crippen LogP contribution in [0.15, 0.2) is 65.1 Å². The summed E-state index contributed by atoms with van der Waals surface area (Å²) in [6, 6.07) is 19.6. The van der Waals surface area contributed by atoms with Crippen molar-refractivity contribution in [3.8, 4) is 22.8 Å². The SMILES string of the molecule is NC(=O)C1CCN(c2nc(-c3ccccc3)nc3oc(-c4ccccc4)nc23)CC1. The lowest BCUT2D eigenvalue weighted by Crippen LogP contribution is -2.39. The summed E-state index contributed by atoms with van der Waals surface area (Å²) in [5.74, 6) is 1.50. The molecule has 7 heteroatoms. The molecule has 30 heavy (non-hydrogen) atoms. The smallest absolute Gasteiger partial charge is 0.253 e. The predicted octanol–water partition coefficient (Wildman–Crippen LogP) is 3.65. The molecule has 0 unspecified atom stereocenters. The van der Waals surface area contributed by atoms with Crippen molar-refractivity contribution in [3.05, 3.63) is 60.7 Å². The first-order valence-electron chi connectivity index (χ1n) is 10.0. The molecule has 5 rings (SSSR count). The second kappa shape index (κ2) is 7.59. The van der Waals surface area contributed by atoms with E-state index in [1.54, 1.807) is 0 Å². The number of carbonyl (C=O) groups is 1. The summed E-state index contributed by atoms with van der Waals surface area (Å²) < 4.78 is 6.04. The lowest BCUT2D eigenvalue weighted by Gasteiger charge is -2.31. The zero-order valence-corrected chi connectivity index (χ0v) is 16.4. The fourth-order valence-corrected chi connectivity index (χ4v) is 3.82. The first kappa shape index (κ1) is 18.3. The van der Waals surface area contributed by atoms with Gasteiger partial charge in [0, 0.05) is 30.1 Å². The van der Waals surface area contributed by atoms with E-state index in [9.17, 15) is 4.79 Å². The minimum atomic E-state index is -0.236. The maximum absolute atomic E-state index is 11.6. The molecular formula is C23H21N5O2. The molecule has 0 spiro atoms. The topological polar surface area (TPSA) is 98.1 Å². The molecule has 2 N–H and O–H groups in total. The van der Waals surface area contributed by atoms with Gasteiger partial charge in [-0.05, 0) is 25.0 Å². The lowest BCUT2D eigenvalue weighted by molar-refractivity contribution is -0.122. The number of aromatic nitrogens is 3. The molecule has 0 atom stereocenters. The Labute approximate surface area is 173 Å². The molecule has 0 saturated carbocycles. The number of nitrogens with two attached hydrogens (primary N) is 1. The highest BCUT2D eigenvalue weighted by Crippen LogP contribution is 2.33. The number of hydrogen-bond donors (Lipinski definition) is 1. The third-order valence-corrected chi connectivity index (χ3v) is 5.49. The summed E-state index contributed by atoms with van der Waals surface area (Å²) in [4.78, 5) is 27.9. The second-order valence-corrected chi connectivity index (χ2v) is 7.44. The highest BCUT2D eigenvalue weighted by atomic mass is 16.4. The van der Waals surface area contributed by atoms with E-state index < -0.39 is 0 Å². The van der Waals surface area contributed by atoms with Crippen molar-refractivity contribution in [2.24, 2.45) is 11.7 Å². The number of anilines is 1. The van der Waals surface area contributed by atoms with Crippen molar-refractivity contribution in [3.63, 3.8) is 0 Å². The molecule has 0 bridgehead atoms. The van der Waals surface area contributed by atoms with Crippen molar-refractivity contribution < 1.29 is 9.21 Å². The molecule has 0 aliphatic carbocycles. The molecule has 1 amide bonds. The Morgan fingerprint density at radius 3 is 2.17 bits per heavy atom. The zero-order chi connectivity index (χ0) is 20.5. The van der Waals surface area contributed by atoms with E-state index in [4.69, 9.17) is 20.1 Å². The number of primary amides is 1. The normalized spacial score (nSPS) is 14.9. The monoisotopic (exact) mass is 399 g/mol. The molecule has 1 fully saturated rings. The molecule has 0 radical (unpaired) electrons. The van der Waals surface area contributed by atoms with E-state index in [1.807, 2.05) is 60.7 Å². The Morgan fingerprint density at radius 1 is 0.900 bits per heavy atom.